The van der Waals surface area contributed by atoms with Gasteiger partial charge in [-0.2, -0.15) is 5.26 Å². The molecule has 2 aromatic rings. The van der Waals surface area contributed by atoms with Gasteiger partial charge in [-0.15, -0.1) is 0 Å². The number of nitriles is 1. The van der Waals surface area contributed by atoms with Gasteiger partial charge in [0.05, 0.1) is 28.5 Å². The standard InChI is InChI=1S/C14H9Br3N2O/c1-20-14-6-13(10(16)5-11(14)17)19-12-4-2-3-9(15)8(12)7-18/h2-6,19H,1H3. The lowest BCUT2D eigenvalue weighted by Gasteiger charge is -2.13. The van der Waals surface area contributed by atoms with Crippen molar-refractivity contribution in [3.05, 3.63) is 49.3 Å². The molecule has 0 aliphatic rings. The van der Waals surface area contributed by atoms with Crippen LogP contribution in [0.25, 0.3) is 0 Å². The van der Waals surface area contributed by atoms with Crippen LogP contribution in [-0.4, -0.2) is 7.11 Å². The highest BCUT2D eigenvalue weighted by molar-refractivity contribution is 9.11. The molecule has 3 nitrogen and oxygen atoms in total. The third-order valence-corrected chi connectivity index (χ3v) is 4.57. The molecule has 20 heavy (non-hydrogen) atoms. The smallest absolute Gasteiger partial charge is 0.135 e. The summed E-state index contributed by atoms with van der Waals surface area (Å²) in [4.78, 5) is 0. The van der Waals surface area contributed by atoms with Crippen molar-refractivity contribution >= 4 is 59.2 Å². The summed E-state index contributed by atoms with van der Waals surface area (Å²) in [6, 6.07) is 11.5. The first-order chi connectivity index (χ1) is 9.56. The van der Waals surface area contributed by atoms with E-state index in [1.165, 1.54) is 0 Å². The highest BCUT2D eigenvalue weighted by Crippen LogP contribution is 2.37. The number of nitrogens with zero attached hydrogens (tertiary/aromatic N) is 1. The predicted octanol–water partition coefficient (Wildman–Crippen LogP) is 5.60. The molecule has 0 saturated heterocycles. The van der Waals surface area contributed by atoms with E-state index in [4.69, 9.17) is 4.74 Å². The van der Waals surface area contributed by atoms with Gasteiger partial charge in [0.25, 0.3) is 0 Å². The first kappa shape index (κ1) is 15.4. The molecule has 0 spiro atoms. The Hall–Kier alpha value is -1.03. The van der Waals surface area contributed by atoms with Gasteiger partial charge in [-0.1, -0.05) is 6.07 Å². The second kappa shape index (κ2) is 6.61. The van der Waals surface area contributed by atoms with E-state index in [0.29, 0.717) is 11.3 Å². The molecule has 0 fully saturated rings. The zero-order chi connectivity index (χ0) is 14.7. The summed E-state index contributed by atoms with van der Waals surface area (Å²) in [6.45, 7) is 0. The summed E-state index contributed by atoms with van der Waals surface area (Å²) in [5.41, 5.74) is 2.10. The van der Waals surface area contributed by atoms with Crippen molar-refractivity contribution in [2.45, 2.75) is 0 Å². The number of nitrogens with one attached hydrogen (secondary N) is 1. The maximum absolute atomic E-state index is 9.23. The zero-order valence-electron chi connectivity index (χ0n) is 10.4. The van der Waals surface area contributed by atoms with Gasteiger partial charge in [-0.25, -0.2) is 0 Å². The van der Waals surface area contributed by atoms with Crippen LogP contribution in [-0.2, 0) is 0 Å². The minimum Gasteiger partial charge on any atom is -0.495 e. The molecular weight excluding hydrogens is 452 g/mol. The number of hydrogen-bond donors (Lipinski definition) is 1. The zero-order valence-corrected chi connectivity index (χ0v) is 15.1. The van der Waals surface area contributed by atoms with Crippen LogP contribution >= 0.6 is 47.8 Å². The fourth-order valence-electron chi connectivity index (χ4n) is 1.67. The van der Waals surface area contributed by atoms with E-state index in [0.717, 1.165) is 24.8 Å². The van der Waals surface area contributed by atoms with E-state index >= 15 is 0 Å². The number of halogens is 3. The highest BCUT2D eigenvalue weighted by Gasteiger charge is 2.11. The predicted molar refractivity (Wildman–Crippen MR) is 90.5 cm³/mol. The fourth-order valence-corrected chi connectivity index (χ4v) is 3.38. The molecule has 0 aromatic heterocycles. The Morgan fingerprint density at radius 2 is 1.80 bits per heavy atom. The van der Waals surface area contributed by atoms with E-state index in [2.05, 4.69) is 59.2 Å². The van der Waals surface area contributed by atoms with E-state index in [-0.39, 0.29) is 0 Å². The molecule has 0 unspecified atom stereocenters. The third-order valence-electron chi connectivity index (χ3n) is 2.64. The Bertz CT molecular complexity index is 696. The lowest BCUT2D eigenvalue weighted by atomic mass is 10.2. The summed E-state index contributed by atoms with van der Waals surface area (Å²) in [7, 11) is 1.61. The van der Waals surface area contributed by atoms with Crippen molar-refractivity contribution in [1.82, 2.24) is 0 Å². The van der Waals surface area contributed by atoms with Crippen LogP contribution < -0.4 is 10.1 Å². The molecule has 0 amide bonds. The van der Waals surface area contributed by atoms with Crippen LogP contribution in [0.2, 0.25) is 0 Å². The molecule has 2 aromatic carbocycles. The summed E-state index contributed by atoms with van der Waals surface area (Å²) in [5.74, 6) is 0.712. The Morgan fingerprint density at radius 1 is 1.05 bits per heavy atom. The van der Waals surface area contributed by atoms with Crippen molar-refractivity contribution in [2.75, 3.05) is 12.4 Å². The Balaban J connectivity index is 2.46. The molecule has 0 aliphatic heterocycles. The highest BCUT2D eigenvalue weighted by atomic mass is 79.9. The van der Waals surface area contributed by atoms with E-state index in [9.17, 15) is 5.26 Å². The van der Waals surface area contributed by atoms with Crippen molar-refractivity contribution in [1.29, 1.82) is 5.26 Å². The summed E-state index contributed by atoms with van der Waals surface area (Å²) in [5, 5.41) is 12.5. The van der Waals surface area contributed by atoms with Crippen molar-refractivity contribution < 1.29 is 4.74 Å². The van der Waals surface area contributed by atoms with Crippen molar-refractivity contribution in [3.63, 3.8) is 0 Å². The minimum atomic E-state index is 0.557. The number of benzene rings is 2. The third kappa shape index (κ3) is 3.17. The number of ether oxygens (including phenoxy) is 1. The van der Waals surface area contributed by atoms with Gasteiger partial charge in [0, 0.05) is 15.0 Å². The van der Waals surface area contributed by atoms with E-state index in [1.807, 2.05) is 30.3 Å². The summed E-state index contributed by atoms with van der Waals surface area (Å²) in [6.07, 6.45) is 0. The molecule has 0 aliphatic carbocycles. The maximum atomic E-state index is 9.23. The number of rotatable bonds is 3. The van der Waals surface area contributed by atoms with Crippen molar-refractivity contribution in [2.24, 2.45) is 0 Å². The molecule has 0 atom stereocenters. The van der Waals surface area contributed by atoms with Gasteiger partial charge in [0.1, 0.15) is 11.8 Å². The maximum Gasteiger partial charge on any atom is 0.135 e. The van der Waals surface area contributed by atoms with Gasteiger partial charge >= 0.3 is 0 Å². The molecular formula is C14H9Br3N2O. The van der Waals surface area contributed by atoms with Crippen LogP contribution in [0.3, 0.4) is 0 Å². The number of methoxy groups -OCH3 is 1. The molecule has 6 heteroatoms. The molecule has 1 N–H and O–H groups in total. The van der Waals surface area contributed by atoms with E-state index < -0.39 is 0 Å². The first-order valence-corrected chi connectivity index (χ1v) is 7.93. The summed E-state index contributed by atoms with van der Waals surface area (Å²) >= 11 is 10.3. The summed E-state index contributed by atoms with van der Waals surface area (Å²) < 4.78 is 7.75. The van der Waals surface area contributed by atoms with Gasteiger partial charge in [-0.05, 0) is 66.0 Å². The van der Waals surface area contributed by atoms with Gasteiger partial charge in [0.2, 0.25) is 0 Å². The second-order valence-corrected chi connectivity index (χ2v) is 6.43. The monoisotopic (exact) mass is 458 g/mol. The topological polar surface area (TPSA) is 45.0 Å². The molecule has 0 saturated carbocycles. The molecule has 102 valence electrons. The van der Waals surface area contributed by atoms with Gasteiger partial charge in [-0.3, -0.25) is 0 Å². The van der Waals surface area contributed by atoms with Crippen LogP contribution in [0, 0.1) is 11.3 Å². The SMILES string of the molecule is COc1cc(Nc2cccc(Br)c2C#N)c(Br)cc1Br. The fraction of sp³-hybridized carbons (Fsp3) is 0.0714. The number of hydrogen-bond acceptors (Lipinski definition) is 3. The second-order valence-electron chi connectivity index (χ2n) is 3.87. The van der Waals surface area contributed by atoms with Crippen LogP contribution in [0.5, 0.6) is 5.75 Å². The minimum absolute atomic E-state index is 0.557. The lowest BCUT2D eigenvalue weighted by molar-refractivity contribution is 0.412. The quantitative estimate of drug-likeness (QED) is 0.648. The van der Waals surface area contributed by atoms with Gasteiger partial charge < -0.3 is 10.1 Å². The average molecular weight is 461 g/mol. The molecule has 0 heterocycles. The van der Waals surface area contributed by atoms with Crippen LogP contribution in [0.1, 0.15) is 5.56 Å². The lowest BCUT2D eigenvalue weighted by Crippen LogP contribution is -1.96. The Labute approximate surface area is 142 Å². The van der Waals surface area contributed by atoms with E-state index in [1.54, 1.807) is 7.11 Å². The van der Waals surface area contributed by atoms with Crippen LogP contribution in [0.15, 0.2) is 43.7 Å². The van der Waals surface area contributed by atoms with Gasteiger partial charge in [0.15, 0.2) is 0 Å². The Morgan fingerprint density at radius 3 is 2.45 bits per heavy atom. The molecule has 2 rings (SSSR count). The van der Waals surface area contributed by atoms with Crippen LogP contribution in [0.4, 0.5) is 11.4 Å². The largest absolute Gasteiger partial charge is 0.495 e. The molecule has 0 bridgehead atoms. The molecule has 0 radical (unpaired) electrons. The number of anilines is 2. The Kier molecular flexibility index (Phi) is 5.08. The van der Waals surface area contributed by atoms with Crippen molar-refractivity contribution in [3.8, 4) is 11.8 Å². The normalized spacial score (nSPS) is 9.95. The average Bonchev–Trinajstić information content (AvgIpc) is 2.42. The first-order valence-electron chi connectivity index (χ1n) is 5.55.